The largest absolute Gasteiger partial charge is 0.496 e. The van der Waals surface area contributed by atoms with Crippen LogP contribution in [0.5, 0.6) is 11.5 Å². The highest BCUT2D eigenvalue weighted by Gasteiger charge is 2.10. The van der Waals surface area contributed by atoms with E-state index in [9.17, 15) is 4.79 Å². The Bertz CT molecular complexity index is 1150. The third-order valence-corrected chi connectivity index (χ3v) is 6.09. The smallest absolute Gasteiger partial charge is 0.250 e. The normalized spacial score (nSPS) is 10.7. The Labute approximate surface area is 205 Å². The Morgan fingerprint density at radius 2 is 1.87 bits per heavy atom. The number of carbonyl (C=O) groups excluding carboxylic acids is 1. The van der Waals surface area contributed by atoms with Crippen LogP contribution in [0.1, 0.15) is 5.56 Å². The van der Waals surface area contributed by atoms with Crippen LogP contribution in [0.15, 0.2) is 56.8 Å². The zero-order chi connectivity index (χ0) is 22.4. The minimum Gasteiger partial charge on any atom is -0.496 e. The number of hydrogen-bond acceptors (Lipinski definition) is 6. The van der Waals surface area contributed by atoms with E-state index in [-0.39, 0.29) is 11.0 Å². The molecule has 0 aliphatic carbocycles. The number of carbonyl (C=O) groups is 1. The number of rotatable bonds is 6. The molecule has 1 heterocycles. The number of thiocarbonyl (C=S) groups is 1. The van der Waals surface area contributed by atoms with Crippen LogP contribution >= 0.6 is 55.4 Å². The highest BCUT2D eigenvalue weighted by molar-refractivity contribution is 9.10. The van der Waals surface area contributed by atoms with E-state index in [0.29, 0.717) is 10.9 Å². The summed E-state index contributed by atoms with van der Waals surface area (Å²) in [7, 11) is 3.19. The zero-order valence-electron chi connectivity index (χ0n) is 16.4. The second-order valence-corrected chi connectivity index (χ2v) is 9.09. The van der Waals surface area contributed by atoms with Gasteiger partial charge in [0, 0.05) is 27.1 Å². The fourth-order valence-electron chi connectivity index (χ4n) is 2.57. The van der Waals surface area contributed by atoms with Gasteiger partial charge in [-0.1, -0.05) is 15.9 Å². The molecule has 31 heavy (non-hydrogen) atoms. The maximum atomic E-state index is 12.2. The van der Waals surface area contributed by atoms with E-state index in [4.69, 9.17) is 21.7 Å². The minimum absolute atomic E-state index is 0.160. The summed E-state index contributed by atoms with van der Waals surface area (Å²) < 4.78 is 12.3. The van der Waals surface area contributed by atoms with Gasteiger partial charge in [0.25, 0.3) is 0 Å². The Morgan fingerprint density at radius 1 is 1.13 bits per heavy atom. The molecule has 0 radical (unpaired) electrons. The first-order valence-electron chi connectivity index (χ1n) is 8.82. The third-order valence-electron chi connectivity index (χ3n) is 4.01. The molecule has 0 spiro atoms. The van der Waals surface area contributed by atoms with Crippen molar-refractivity contribution in [1.82, 2.24) is 10.3 Å². The first-order valence-corrected chi connectivity index (χ1v) is 11.7. The quantitative estimate of drug-likeness (QED) is 0.279. The fraction of sp³-hybridized carbons (Fsp3) is 0.0952. The van der Waals surface area contributed by atoms with Gasteiger partial charge >= 0.3 is 0 Å². The van der Waals surface area contributed by atoms with Crippen LogP contribution in [0, 0.1) is 0 Å². The molecule has 0 aliphatic heterocycles. The van der Waals surface area contributed by atoms with Crippen LogP contribution in [-0.4, -0.2) is 30.2 Å². The van der Waals surface area contributed by atoms with Crippen molar-refractivity contribution < 1.29 is 14.3 Å². The van der Waals surface area contributed by atoms with Crippen LogP contribution in [0.25, 0.3) is 17.3 Å². The summed E-state index contributed by atoms with van der Waals surface area (Å²) in [5.74, 6) is 1.04. The SMILES string of the molecule is COc1ccc(-c2csc(NC(=S)NC(=O)C=Cc3cc(Br)ccc3OC)n2)cc1Br. The number of amides is 1. The second-order valence-electron chi connectivity index (χ2n) is 6.05. The monoisotopic (exact) mass is 581 g/mol. The van der Waals surface area contributed by atoms with E-state index >= 15 is 0 Å². The molecule has 10 heteroatoms. The molecule has 160 valence electrons. The Balaban J connectivity index is 1.61. The van der Waals surface area contributed by atoms with Crippen molar-refractivity contribution in [3.05, 3.63) is 62.4 Å². The molecule has 0 fully saturated rings. The zero-order valence-corrected chi connectivity index (χ0v) is 21.2. The first kappa shape index (κ1) is 23.4. The van der Waals surface area contributed by atoms with Gasteiger partial charge in [-0.2, -0.15) is 0 Å². The van der Waals surface area contributed by atoms with Crippen molar-refractivity contribution in [3.8, 4) is 22.8 Å². The first-order chi connectivity index (χ1) is 14.9. The molecule has 1 aromatic heterocycles. The van der Waals surface area contributed by atoms with Crippen molar-refractivity contribution in [2.75, 3.05) is 19.5 Å². The van der Waals surface area contributed by atoms with E-state index in [1.807, 2.05) is 41.8 Å². The molecule has 2 N–H and O–H groups in total. The van der Waals surface area contributed by atoms with E-state index in [1.165, 1.54) is 17.4 Å². The number of aromatic nitrogens is 1. The number of methoxy groups -OCH3 is 2. The standard InChI is InChI=1S/C21H17Br2N3O3S2/c1-28-17-7-5-14(22)9-13(17)4-8-19(27)25-20(30)26-21-24-16(11-31-21)12-3-6-18(29-2)15(23)10-12/h3-11H,1-2H3,(H2,24,25,26,27,30). The molecule has 6 nitrogen and oxygen atoms in total. The molecule has 0 unspecified atom stereocenters. The fourth-order valence-corrected chi connectivity index (χ4v) is 4.48. The number of halogens is 2. The Morgan fingerprint density at radius 3 is 2.58 bits per heavy atom. The Hall–Kier alpha value is -2.27. The third kappa shape index (κ3) is 6.36. The van der Waals surface area contributed by atoms with E-state index in [2.05, 4.69) is 47.5 Å². The van der Waals surface area contributed by atoms with E-state index < -0.39 is 0 Å². The number of hydrogen-bond donors (Lipinski definition) is 2. The molecule has 3 aromatic rings. The molecule has 0 saturated carbocycles. The van der Waals surface area contributed by atoms with Crippen LogP contribution in [0.2, 0.25) is 0 Å². The summed E-state index contributed by atoms with van der Waals surface area (Å²) in [6.07, 6.45) is 3.05. The van der Waals surface area contributed by atoms with Crippen LogP contribution < -0.4 is 20.1 Å². The number of anilines is 1. The molecule has 0 bridgehead atoms. The average Bonchev–Trinajstić information content (AvgIpc) is 3.20. The summed E-state index contributed by atoms with van der Waals surface area (Å²) in [4.78, 5) is 16.7. The van der Waals surface area contributed by atoms with Gasteiger partial charge in [0.2, 0.25) is 5.91 Å². The lowest BCUT2D eigenvalue weighted by atomic mass is 10.2. The topological polar surface area (TPSA) is 72.5 Å². The molecular weight excluding hydrogens is 566 g/mol. The summed E-state index contributed by atoms with van der Waals surface area (Å²) in [6.45, 7) is 0. The van der Waals surface area contributed by atoms with Gasteiger partial charge in [-0.25, -0.2) is 4.98 Å². The lowest BCUT2D eigenvalue weighted by Gasteiger charge is -2.06. The lowest BCUT2D eigenvalue weighted by Crippen LogP contribution is -2.32. The summed E-state index contributed by atoms with van der Waals surface area (Å²) in [5.41, 5.74) is 2.48. The van der Waals surface area contributed by atoms with E-state index in [0.717, 1.165) is 31.5 Å². The van der Waals surface area contributed by atoms with Crippen LogP contribution in [-0.2, 0) is 4.79 Å². The van der Waals surface area contributed by atoms with Gasteiger partial charge in [-0.05, 0) is 70.6 Å². The lowest BCUT2D eigenvalue weighted by molar-refractivity contribution is -0.115. The number of ether oxygens (including phenoxy) is 2. The Kier molecular flexibility index (Phi) is 8.19. The highest BCUT2D eigenvalue weighted by Crippen LogP contribution is 2.32. The minimum atomic E-state index is -0.365. The van der Waals surface area contributed by atoms with Crippen LogP contribution in [0.3, 0.4) is 0 Å². The molecule has 1 amide bonds. The predicted molar refractivity (Wildman–Crippen MR) is 136 cm³/mol. The van der Waals surface area contributed by atoms with Gasteiger partial charge in [0.15, 0.2) is 10.2 Å². The summed E-state index contributed by atoms with van der Waals surface area (Å²) in [6, 6.07) is 11.2. The highest BCUT2D eigenvalue weighted by atomic mass is 79.9. The van der Waals surface area contributed by atoms with Gasteiger partial charge in [-0.15, -0.1) is 11.3 Å². The molecule has 0 atom stereocenters. The van der Waals surface area contributed by atoms with E-state index in [1.54, 1.807) is 20.3 Å². The number of benzene rings is 2. The van der Waals surface area contributed by atoms with Gasteiger partial charge in [0.1, 0.15) is 11.5 Å². The van der Waals surface area contributed by atoms with Crippen LogP contribution in [0.4, 0.5) is 5.13 Å². The van der Waals surface area contributed by atoms with Gasteiger partial charge in [-0.3, -0.25) is 10.1 Å². The number of thiazole rings is 1. The molecule has 2 aromatic carbocycles. The summed E-state index contributed by atoms with van der Waals surface area (Å²) in [5, 5.41) is 8.18. The van der Waals surface area contributed by atoms with Crippen molar-refractivity contribution in [3.63, 3.8) is 0 Å². The predicted octanol–water partition coefficient (Wildman–Crippen LogP) is 5.88. The van der Waals surface area contributed by atoms with Crippen molar-refractivity contribution in [2.24, 2.45) is 0 Å². The molecule has 3 rings (SSSR count). The summed E-state index contributed by atoms with van der Waals surface area (Å²) >= 11 is 13.5. The van der Waals surface area contributed by atoms with Crippen molar-refractivity contribution in [1.29, 1.82) is 0 Å². The van der Waals surface area contributed by atoms with Gasteiger partial charge in [0.05, 0.1) is 24.4 Å². The second kappa shape index (κ2) is 10.9. The molecule has 0 saturated heterocycles. The maximum Gasteiger partial charge on any atom is 0.250 e. The van der Waals surface area contributed by atoms with Crippen molar-refractivity contribution >= 4 is 77.6 Å². The van der Waals surface area contributed by atoms with Crippen molar-refractivity contribution in [2.45, 2.75) is 0 Å². The van der Waals surface area contributed by atoms with Gasteiger partial charge < -0.3 is 14.8 Å². The number of nitrogens with zero attached hydrogens (tertiary/aromatic N) is 1. The number of nitrogens with one attached hydrogen (secondary N) is 2. The molecular formula is C21H17Br2N3O3S2. The average molecular weight is 583 g/mol. The molecule has 0 aliphatic rings. The maximum absolute atomic E-state index is 12.2.